The van der Waals surface area contributed by atoms with Crippen LogP contribution >= 0.6 is 0 Å². The van der Waals surface area contributed by atoms with Crippen LogP contribution < -0.4 is 5.73 Å². The fraction of sp³-hybridized carbons (Fsp3) is 1.00. The van der Waals surface area contributed by atoms with E-state index in [1.54, 1.807) is 0 Å². The first kappa shape index (κ1) is 13.3. The zero-order valence-electron chi connectivity index (χ0n) is 11.6. The lowest BCUT2D eigenvalue weighted by Crippen LogP contribution is -2.51. The van der Waals surface area contributed by atoms with Crippen LogP contribution in [0, 0.1) is 17.3 Å². The lowest BCUT2D eigenvalue weighted by Gasteiger charge is -2.48. The summed E-state index contributed by atoms with van der Waals surface area (Å²) in [5, 5.41) is 0. The van der Waals surface area contributed by atoms with Gasteiger partial charge in [0.15, 0.2) is 0 Å². The van der Waals surface area contributed by atoms with Crippen molar-refractivity contribution < 1.29 is 4.74 Å². The molecule has 17 heavy (non-hydrogen) atoms. The monoisotopic (exact) mass is 240 g/mol. The Balaban J connectivity index is 1.95. The molecule has 2 N–H and O–H groups in total. The van der Waals surface area contributed by atoms with Gasteiger partial charge in [0.1, 0.15) is 0 Å². The van der Waals surface area contributed by atoms with Gasteiger partial charge in [-0.2, -0.15) is 0 Å². The molecular weight excluding hydrogens is 212 g/mol. The summed E-state index contributed by atoms with van der Waals surface area (Å²) in [6, 6.07) is 0.394. The lowest BCUT2D eigenvalue weighted by atomic mass is 9.61. The molecule has 1 saturated carbocycles. The van der Waals surface area contributed by atoms with E-state index in [0.717, 1.165) is 32.2 Å². The number of hydrogen-bond donors (Lipinski definition) is 1. The van der Waals surface area contributed by atoms with E-state index >= 15 is 0 Å². The van der Waals surface area contributed by atoms with E-state index in [2.05, 4.69) is 25.7 Å². The molecule has 1 heterocycles. The molecule has 0 amide bonds. The normalized spacial score (nSPS) is 39.2. The van der Waals surface area contributed by atoms with E-state index in [-0.39, 0.29) is 0 Å². The molecule has 100 valence electrons. The summed E-state index contributed by atoms with van der Waals surface area (Å²) in [6.07, 6.45) is 2.48. The molecule has 0 bridgehead atoms. The topological polar surface area (TPSA) is 38.5 Å². The van der Waals surface area contributed by atoms with Gasteiger partial charge >= 0.3 is 0 Å². The molecule has 0 aromatic carbocycles. The maximum atomic E-state index is 6.22. The Bertz CT molecular complexity index is 249. The highest BCUT2D eigenvalue weighted by molar-refractivity contribution is 4.94. The van der Waals surface area contributed by atoms with Gasteiger partial charge in [0, 0.05) is 25.7 Å². The number of nitrogens with zero attached hydrogens (tertiary/aromatic N) is 1. The fourth-order valence-electron chi connectivity index (χ4n) is 3.36. The second-order valence-corrected chi connectivity index (χ2v) is 6.46. The first-order valence-electron chi connectivity index (χ1n) is 7.07. The molecule has 1 aliphatic carbocycles. The summed E-state index contributed by atoms with van der Waals surface area (Å²) >= 11 is 0. The fourth-order valence-corrected chi connectivity index (χ4v) is 3.36. The minimum atomic E-state index is 0.371. The molecule has 1 saturated heterocycles. The molecule has 2 rings (SSSR count). The van der Waals surface area contributed by atoms with Crippen LogP contribution in [0.3, 0.4) is 0 Å². The van der Waals surface area contributed by atoms with Gasteiger partial charge in [-0.05, 0) is 30.1 Å². The highest BCUT2D eigenvalue weighted by Crippen LogP contribution is 2.44. The number of nitrogens with two attached hydrogens (primary N) is 1. The number of morpholine rings is 1. The zero-order valence-corrected chi connectivity index (χ0v) is 11.6. The van der Waals surface area contributed by atoms with Crippen molar-refractivity contribution in [3.8, 4) is 0 Å². The second kappa shape index (κ2) is 5.25. The second-order valence-electron chi connectivity index (χ2n) is 6.46. The quantitative estimate of drug-likeness (QED) is 0.799. The minimum absolute atomic E-state index is 0.371. The van der Waals surface area contributed by atoms with Crippen LogP contribution in [0.5, 0.6) is 0 Å². The highest BCUT2D eigenvalue weighted by atomic mass is 16.5. The summed E-state index contributed by atoms with van der Waals surface area (Å²) in [5.74, 6) is 1.41. The van der Waals surface area contributed by atoms with Crippen LogP contribution in [-0.2, 0) is 4.74 Å². The van der Waals surface area contributed by atoms with Gasteiger partial charge < -0.3 is 10.5 Å². The molecule has 1 aliphatic heterocycles. The first-order valence-corrected chi connectivity index (χ1v) is 7.07. The molecule has 3 nitrogen and oxygen atoms in total. The predicted octanol–water partition coefficient (Wildman–Crippen LogP) is 1.72. The number of ether oxygens (including phenoxy) is 1. The van der Waals surface area contributed by atoms with E-state index < -0.39 is 0 Å². The summed E-state index contributed by atoms with van der Waals surface area (Å²) in [7, 11) is 0. The van der Waals surface area contributed by atoms with E-state index in [9.17, 15) is 0 Å². The van der Waals surface area contributed by atoms with Crippen LogP contribution in [0.2, 0.25) is 0 Å². The van der Waals surface area contributed by atoms with E-state index in [1.807, 2.05) is 0 Å². The van der Waals surface area contributed by atoms with Gasteiger partial charge in [-0.1, -0.05) is 20.8 Å². The van der Waals surface area contributed by atoms with Crippen molar-refractivity contribution in [2.24, 2.45) is 23.0 Å². The summed E-state index contributed by atoms with van der Waals surface area (Å²) < 4.78 is 5.42. The largest absolute Gasteiger partial charge is 0.379 e. The molecular formula is C14H28N2O. The maximum absolute atomic E-state index is 6.22. The van der Waals surface area contributed by atoms with Crippen molar-refractivity contribution in [2.45, 2.75) is 39.7 Å². The molecule has 0 aromatic rings. The van der Waals surface area contributed by atoms with E-state index in [4.69, 9.17) is 10.5 Å². The molecule has 2 fully saturated rings. The Kier molecular flexibility index (Phi) is 4.11. The average molecular weight is 240 g/mol. The van der Waals surface area contributed by atoms with Gasteiger partial charge in [-0.15, -0.1) is 0 Å². The SMILES string of the molecule is CC1C(N)CCC(CN2CCOCC2)C1(C)C. The minimum Gasteiger partial charge on any atom is -0.379 e. The molecule has 3 heteroatoms. The Hall–Kier alpha value is -0.120. The van der Waals surface area contributed by atoms with Gasteiger partial charge in [0.2, 0.25) is 0 Å². The van der Waals surface area contributed by atoms with Crippen LogP contribution in [0.25, 0.3) is 0 Å². The predicted molar refractivity (Wildman–Crippen MR) is 70.9 cm³/mol. The van der Waals surface area contributed by atoms with Crippen molar-refractivity contribution in [3.05, 3.63) is 0 Å². The summed E-state index contributed by atoms with van der Waals surface area (Å²) in [4.78, 5) is 2.57. The third-order valence-corrected chi connectivity index (χ3v) is 5.30. The summed E-state index contributed by atoms with van der Waals surface area (Å²) in [6.45, 7) is 12.4. The standard InChI is InChI=1S/C14H28N2O/c1-11-13(15)5-4-12(14(11,2)3)10-16-6-8-17-9-7-16/h11-13H,4-10,15H2,1-3H3. The Morgan fingerprint density at radius 1 is 1.24 bits per heavy atom. The average Bonchev–Trinajstić information content (AvgIpc) is 2.32. The van der Waals surface area contributed by atoms with E-state index in [1.165, 1.54) is 19.4 Å². The van der Waals surface area contributed by atoms with Crippen molar-refractivity contribution in [1.29, 1.82) is 0 Å². The molecule has 0 radical (unpaired) electrons. The van der Waals surface area contributed by atoms with Crippen molar-refractivity contribution in [2.75, 3.05) is 32.8 Å². The van der Waals surface area contributed by atoms with Crippen LogP contribution in [0.15, 0.2) is 0 Å². The summed E-state index contributed by atoms with van der Waals surface area (Å²) in [5.41, 5.74) is 6.59. The Morgan fingerprint density at radius 3 is 2.53 bits per heavy atom. The van der Waals surface area contributed by atoms with Gasteiger partial charge in [-0.25, -0.2) is 0 Å². The van der Waals surface area contributed by atoms with Gasteiger partial charge in [0.25, 0.3) is 0 Å². The third-order valence-electron chi connectivity index (χ3n) is 5.30. The number of rotatable bonds is 2. The lowest BCUT2D eigenvalue weighted by molar-refractivity contribution is -0.00982. The maximum Gasteiger partial charge on any atom is 0.0594 e. The van der Waals surface area contributed by atoms with Crippen LogP contribution in [0.1, 0.15) is 33.6 Å². The van der Waals surface area contributed by atoms with Crippen molar-refractivity contribution >= 4 is 0 Å². The molecule has 3 atom stereocenters. The van der Waals surface area contributed by atoms with E-state index in [0.29, 0.717) is 17.4 Å². The van der Waals surface area contributed by atoms with Crippen LogP contribution in [-0.4, -0.2) is 43.8 Å². The smallest absolute Gasteiger partial charge is 0.0594 e. The first-order chi connectivity index (χ1) is 8.01. The molecule has 0 aromatic heterocycles. The van der Waals surface area contributed by atoms with Gasteiger partial charge in [0.05, 0.1) is 13.2 Å². The van der Waals surface area contributed by atoms with Gasteiger partial charge in [-0.3, -0.25) is 4.90 Å². The number of hydrogen-bond acceptors (Lipinski definition) is 3. The highest BCUT2D eigenvalue weighted by Gasteiger charge is 2.41. The van der Waals surface area contributed by atoms with Crippen molar-refractivity contribution in [3.63, 3.8) is 0 Å². The molecule has 0 spiro atoms. The Labute approximate surface area is 106 Å². The zero-order chi connectivity index (χ0) is 12.5. The van der Waals surface area contributed by atoms with Crippen molar-refractivity contribution in [1.82, 2.24) is 4.90 Å². The third kappa shape index (κ3) is 2.83. The Morgan fingerprint density at radius 2 is 1.88 bits per heavy atom. The molecule has 3 unspecified atom stereocenters. The molecule has 2 aliphatic rings. The van der Waals surface area contributed by atoms with Crippen LogP contribution in [0.4, 0.5) is 0 Å².